The molecule has 2 heterocycles. The number of hydrogen-bond acceptors (Lipinski definition) is 6. The summed E-state index contributed by atoms with van der Waals surface area (Å²) in [5.41, 5.74) is 0.349. The Morgan fingerprint density at radius 3 is 2.44 bits per heavy atom. The van der Waals surface area contributed by atoms with Gasteiger partial charge in [-0.15, -0.1) is 0 Å². The lowest BCUT2D eigenvalue weighted by atomic mass is 9.92. The molecule has 0 saturated carbocycles. The van der Waals surface area contributed by atoms with Gasteiger partial charge in [-0.05, 0) is 51.5 Å². The van der Waals surface area contributed by atoms with Gasteiger partial charge in [-0.2, -0.15) is 0 Å². The number of aromatic nitrogens is 1. The molecule has 3 aromatic rings. The normalized spacial score (nSPS) is 16.8. The number of ether oxygens (including phenoxy) is 1. The van der Waals surface area contributed by atoms with Crippen molar-refractivity contribution >= 4 is 34.6 Å². The molecule has 0 aliphatic carbocycles. The van der Waals surface area contributed by atoms with E-state index in [4.69, 9.17) is 4.74 Å². The number of esters is 1. The molecule has 36 heavy (non-hydrogen) atoms. The molecule has 3 N–H and O–H groups in total. The van der Waals surface area contributed by atoms with Crippen molar-refractivity contribution in [3.05, 3.63) is 75.1 Å². The third-order valence-corrected chi connectivity index (χ3v) is 6.65. The number of nitrogens with zero attached hydrogens (tertiary/aromatic N) is 2. The van der Waals surface area contributed by atoms with Crippen molar-refractivity contribution in [1.82, 2.24) is 9.47 Å². The van der Waals surface area contributed by atoms with E-state index in [0.29, 0.717) is 16.8 Å². The summed E-state index contributed by atoms with van der Waals surface area (Å²) < 4.78 is 6.59. The number of urea groups is 1. The van der Waals surface area contributed by atoms with Gasteiger partial charge in [0, 0.05) is 23.7 Å². The molecule has 2 amide bonds. The fourth-order valence-electron chi connectivity index (χ4n) is 4.66. The summed E-state index contributed by atoms with van der Waals surface area (Å²) in [6.45, 7) is 5.16. The van der Waals surface area contributed by atoms with E-state index in [0.717, 1.165) is 16.0 Å². The van der Waals surface area contributed by atoms with Crippen molar-refractivity contribution in [3.63, 3.8) is 0 Å². The number of anilines is 1. The molecule has 1 aromatic heterocycles. The number of aryl methyl sites for hydroxylation is 3. The zero-order chi connectivity index (χ0) is 26.4. The third-order valence-electron chi connectivity index (χ3n) is 6.65. The summed E-state index contributed by atoms with van der Waals surface area (Å²) in [6.07, 6.45) is -0.248. The van der Waals surface area contributed by atoms with E-state index in [1.165, 1.54) is 20.2 Å². The van der Waals surface area contributed by atoms with Gasteiger partial charge in [-0.3, -0.25) is 9.69 Å². The van der Waals surface area contributed by atoms with Crippen molar-refractivity contribution in [2.24, 2.45) is 0 Å². The Kier molecular flexibility index (Phi) is 6.32. The molecular formula is C26H27N3O7. The van der Waals surface area contributed by atoms with E-state index in [-0.39, 0.29) is 18.4 Å². The summed E-state index contributed by atoms with van der Waals surface area (Å²) in [7, 11) is 1.19. The molecule has 1 aliphatic rings. The smallest absolute Gasteiger partial charge is 0.341 e. The van der Waals surface area contributed by atoms with Crippen LogP contribution in [0.5, 0.6) is 0 Å². The average molecular weight is 494 g/mol. The minimum Gasteiger partial charge on any atom is -0.477 e. The molecule has 2 aromatic carbocycles. The minimum absolute atomic E-state index is 0.0445. The number of carbonyl (C=O) groups excluding carboxylic acids is 2. The first-order valence-corrected chi connectivity index (χ1v) is 11.3. The zero-order valence-electron chi connectivity index (χ0n) is 20.4. The zero-order valence-corrected chi connectivity index (χ0v) is 20.4. The number of aliphatic hydroxyl groups excluding tert-OH is 1. The molecule has 0 spiro atoms. The third kappa shape index (κ3) is 4.09. The first-order valence-electron chi connectivity index (χ1n) is 11.3. The number of carbonyl (C=O) groups is 3. The number of methoxy groups -OCH3 is 1. The van der Waals surface area contributed by atoms with Crippen molar-refractivity contribution in [1.29, 1.82) is 0 Å². The molecule has 1 aliphatic heterocycles. The van der Waals surface area contributed by atoms with Gasteiger partial charge in [0.15, 0.2) is 6.23 Å². The van der Waals surface area contributed by atoms with Crippen LogP contribution in [-0.4, -0.2) is 50.3 Å². The number of aliphatic hydroxyl groups is 1. The van der Waals surface area contributed by atoms with Crippen molar-refractivity contribution in [2.75, 3.05) is 12.4 Å². The Bertz CT molecular complexity index is 1460. The van der Waals surface area contributed by atoms with E-state index < -0.39 is 40.7 Å². The number of carboxylic acids is 1. The van der Waals surface area contributed by atoms with Crippen LogP contribution in [0.3, 0.4) is 0 Å². The molecule has 188 valence electrons. The lowest BCUT2D eigenvalue weighted by Gasteiger charge is -2.44. The lowest BCUT2D eigenvalue weighted by Crippen LogP contribution is -2.60. The quantitative estimate of drug-likeness (QED) is 0.448. The first-order chi connectivity index (χ1) is 17.0. The predicted octanol–water partition coefficient (Wildman–Crippen LogP) is 3.18. The largest absolute Gasteiger partial charge is 0.477 e. The van der Waals surface area contributed by atoms with Crippen molar-refractivity contribution in [3.8, 4) is 0 Å². The molecule has 4 rings (SSSR count). The number of fused-ring (bicyclic) bond motifs is 2. The first kappa shape index (κ1) is 24.9. The van der Waals surface area contributed by atoms with E-state index in [1.807, 2.05) is 6.92 Å². The van der Waals surface area contributed by atoms with E-state index >= 15 is 0 Å². The number of rotatable bonds is 6. The standard InChI is InChI=1S/C26H27N3O7/c1-14-5-7-19-16(11-14)22(31)29(25(35)27-19)26(3,24(34)36-4)9-10-28-13-18(23(32)33)21(30)17-12-15(2)6-8-20(17)28/h5-8,11-13,22,31H,9-10H2,1-4H3,(H,27,35)(H,32,33). The van der Waals surface area contributed by atoms with Crippen LogP contribution >= 0.6 is 0 Å². The van der Waals surface area contributed by atoms with Crippen LogP contribution in [0.2, 0.25) is 0 Å². The van der Waals surface area contributed by atoms with Gasteiger partial charge in [0.1, 0.15) is 11.1 Å². The van der Waals surface area contributed by atoms with E-state index in [1.54, 1.807) is 47.9 Å². The maximum Gasteiger partial charge on any atom is 0.341 e. The van der Waals surface area contributed by atoms with Crippen LogP contribution in [0.1, 0.15) is 46.6 Å². The van der Waals surface area contributed by atoms with Crippen LogP contribution in [0, 0.1) is 13.8 Å². The number of nitrogens with one attached hydrogen (secondary N) is 1. The second-order valence-corrected chi connectivity index (χ2v) is 9.17. The second-order valence-electron chi connectivity index (χ2n) is 9.17. The Labute approximate surface area is 206 Å². The van der Waals surface area contributed by atoms with E-state index in [9.17, 15) is 29.4 Å². The highest BCUT2D eigenvalue weighted by Crippen LogP contribution is 2.38. The van der Waals surface area contributed by atoms with Gasteiger partial charge in [-0.25, -0.2) is 14.4 Å². The highest BCUT2D eigenvalue weighted by atomic mass is 16.5. The van der Waals surface area contributed by atoms with Crippen LogP contribution in [-0.2, 0) is 16.1 Å². The fourth-order valence-corrected chi connectivity index (χ4v) is 4.66. The number of aromatic carboxylic acids is 1. The Balaban J connectivity index is 1.79. The summed E-state index contributed by atoms with van der Waals surface area (Å²) in [5, 5.41) is 23.7. The summed E-state index contributed by atoms with van der Waals surface area (Å²) in [5.74, 6) is -2.13. The van der Waals surface area contributed by atoms with Gasteiger partial charge in [-0.1, -0.05) is 23.3 Å². The Hall–Kier alpha value is -4.18. The summed E-state index contributed by atoms with van der Waals surface area (Å²) in [4.78, 5) is 51.7. The minimum atomic E-state index is -1.64. The Morgan fingerprint density at radius 2 is 1.78 bits per heavy atom. The van der Waals surface area contributed by atoms with Crippen molar-refractivity contribution < 1.29 is 29.3 Å². The molecule has 0 saturated heterocycles. The fraction of sp³-hybridized carbons (Fsp3) is 0.308. The molecular weight excluding hydrogens is 466 g/mol. The topological polar surface area (TPSA) is 138 Å². The molecule has 10 heteroatoms. The van der Waals surface area contributed by atoms with Crippen molar-refractivity contribution in [2.45, 2.75) is 45.5 Å². The average Bonchev–Trinajstić information content (AvgIpc) is 2.83. The van der Waals surface area contributed by atoms with Gasteiger partial charge in [0.2, 0.25) is 5.43 Å². The molecule has 0 fully saturated rings. The number of amides is 2. The van der Waals surface area contributed by atoms with Gasteiger partial charge >= 0.3 is 18.0 Å². The molecule has 2 atom stereocenters. The van der Waals surface area contributed by atoms with Gasteiger partial charge < -0.3 is 24.8 Å². The Morgan fingerprint density at radius 1 is 1.11 bits per heavy atom. The van der Waals surface area contributed by atoms with Crippen LogP contribution in [0.4, 0.5) is 10.5 Å². The summed E-state index contributed by atoms with van der Waals surface area (Å²) in [6, 6.07) is 9.62. The maximum absolute atomic E-state index is 13.1. The SMILES string of the molecule is COC(=O)C(C)(CCn1cc(C(=O)O)c(=O)c2cc(C)ccc21)N1C(=O)Nc2ccc(C)cc2C1O. The highest BCUT2D eigenvalue weighted by Gasteiger charge is 2.49. The molecule has 0 bridgehead atoms. The second kappa shape index (κ2) is 9.12. The molecule has 0 radical (unpaired) electrons. The van der Waals surface area contributed by atoms with Crippen LogP contribution in [0.15, 0.2) is 47.4 Å². The molecule has 10 nitrogen and oxygen atoms in total. The number of pyridine rings is 1. The number of hydrogen-bond donors (Lipinski definition) is 3. The van der Waals surface area contributed by atoms with Crippen LogP contribution in [0.25, 0.3) is 10.9 Å². The highest BCUT2D eigenvalue weighted by molar-refractivity contribution is 5.97. The lowest BCUT2D eigenvalue weighted by molar-refractivity contribution is -0.159. The monoisotopic (exact) mass is 493 g/mol. The summed E-state index contributed by atoms with van der Waals surface area (Å²) >= 11 is 0. The van der Waals surface area contributed by atoms with Crippen LogP contribution < -0.4 is 10.7 Å². The predicted molar refractivity (Wildman–Crippen MR) is 132 cm³/mol. The number of benzene rings is 2. The van der Waals surface area contributed by atoms with E-state index in [2.05, 4.69) is 5.32 Å². The number of carboxylic acid groups (broad SMARTS) is 1. The van der Waals surface area contributed by atoms with Gasteiger partial charge in [0.05, 0.1) is 18.3 Å². The maximum atomic E-state index is 13.1. The van der Waals surface area contributed by atoms with Gasteiger partial charge in [0.25, 0.3) is 0 Å². The molecule has 2 unspecified atom stereocenters.